The largest absolute Gasteiger partial charge is 0.339 e. The van der Waals surface area contributed by atoms with Crippen LogP contribution in [0.4, 0.5) is 0 Å². The highest BCUT2D eigenvalue weighted by Gasteiger charge is 2.19. The van der Waals surface area contributed by atoms with Crippen LogP contribution in [0.1, 0.15) is 48.0 Å². The molecule has 2 aromatic carbocycles. The molecular formula is C23H30N4O3. The van der Waals surface area contributed by atoms with Gasteiger partial charge < -0.3 is 16.4 Å². The van der Waals surface area contributed by atoms with Crippen LogP contribution in [-0.2, 0) is 11.3 Å². The topological polar surface area (TPSA) is 116 Å². The Kier molecular flexibility index (Phi) is 7.96. The molecule has 1 atom stereocenters. The summed E-state index contributed by atoms with van der Waals surface area (Å²) in [4.78, 5) is 23.7. The molecule has 0 radical (unpaired) electrons. The van der Waals surface area contributed by atoms with Crippen LogP contribution in [0.15, 0.2) is 48.5 Å². The van der Waals surface area contributed by atoms with Gasteiger partial charge in [-0.1, -0.05) is 55.7 Å². The summed E-state index contributed by atoms with van der Waals surface area (Å²) in [6.45, 7) is 0.770. The summed E-state index contributed by atoms with van der Waals surface area (Å²) < 4.78 is 0. The number of benzene rings is 2. The summed E-state index contributed by atoms with van der Waals surface area (Å²) in [5.74, 6) is -1.18. The Balaban J connectivity index is 1.57. The molecule has 1 saturated carbocycles. The van der Waals surface area contributed by atoms with Crippen molar-refractivity contribution in [2.45, 2.75) is 50.7 Å². The number of carbonyl (C=O) groups excluding carboxylic acids is 2. The van der Waals surface area contributed by atoms with Crippen molar-refractivity contribution in [3.8, 4) is 11.1 Å². The van der Waals surface area contributed by atoms with Gasteiger partial charge in [0.1, 0.15) is 6.04 Å². The van der Waals surface area contributed by atoms with E-state index in [0.717, 1.165) is 17.7 Å². The molecule has 1 fully saturated rings. The zero-order valence-corrected chi connectivity index (χ0v) is 17.1. The Bertz CT molecular complexity index is 831. The maximum absolute atomic E-state index is 12.3. The van der Waals surface area contributed by atoms with E-state index in [1.54, 1.807) is 12.1 Å². The molecule has 0 aliphatic heterocycles. The molecule has 7 nitrogen and oxygen atoms in total. The minimum Gasteiger partial charge on any atom is -0.339 e. The average Bonchev–Trinajstić information content (AvgIpc) is 2.81. The quantitative estimate of drug-likeness (QED) is 0.338. The molecule has 0 bridgehead atoms. The normalized spacial score (nSPS) is 15.4. The lowest BCUT2D eigenvalue weighted by Gasteiger charge is -2.22. The van der Waals surface area contributed by atoms with Gasteiger partial charge in [0, 0.05) is 24.7 Å². The van der Waals surface area contributed by atoms with E-state index in [9.17, 15) is 9.59 Å². The second-order valence-corrected chi connectivity index (χ2v) is 7.73. The molecule has 0 spiro atoms. The lowest BCUT2D eigenvalue weighted by Crippen LogP contribution is -2.50. The number of rotatable bonds is 8. The Morgan fingerprint density at radius 3 is 2.13 bits per heavy atom. The third-order valence-corrected chi connectivity index (χ3v) is 5.60. The smallest absolute Gasteiger partial charge is 0.267 e. The first-order valence-corrected chi connectivity index (χ1v) is 10.5. The monoisotopic (exact) mass is 410 g/mol. The van der Waals surface area contributed by atoms with E-state index in [-0.39, 0.29) is 6.54 Å². The molecule has 0 aromatic heterocycles. The van der Waals surface area contributed by atoms with E-state index in [0.29, 0.717) is 11.6 Å². The van der Waals surface area contributed by atoms with Crippen molar-refractivity contribution in [3.63, 3.8) is 0 Å². The zero-order chi connectivity index (χ0) is 21.3. The number of hydroxylamine groups is 1. The fourth-order valence-corrected chi connectivity index (χ4v) is 3.75. The molecule has 3 rings (SSSR count). The summed E-state index contributed by atoms with van der Waals surface area (Å²) in [7, 11) is 0. The van der Waals surface area contributed by atoms with E-state index in [1.165, 1.54) is 43.1 Å². The predicted molar refractivity (Wildman–Crippen MR) is 116 cm³/mol. The van der Waals surface area contributed by atoms with Crippen molar-refractivity contribution in [2.75, 3.05) is 6.54 Å². The zero-order valence-electron chi connectivity index (χ0n) is 17.1. The summed E-state index contributed by atoms with van der Waals surface area (Å²) in [5, 5.41) is 14.8. The molecule has 6 N–H and O–H groups in total. The van der Waals surface area contributed by atoms with Crippen LogP contribution in [-0.4, -0.2) is 35.7 Å². The van der Waals surface area contributed by atoms with Gasteiger partial charge in [0.05, 0.1) is 0 Å². The molecular weight excluding hydrogens is 380 g/mol. The van der Waals surface area contributed by atoms with Crippen molar-refractivity contribution in [2.24, 2.45) is 5.73 Å². The van der Waals surface area contributed by atoms with Gasteiger partial charge >= 0.3 is 0 Å². The van der Waals surface area contributed by atoms with Crippen LogP contribution in [0.3, 0.4) is 0 Å². The van der Waals surface area contributed by atoms with Crippen LogP contribution in [0.25, 0.3) is 11.1 Å². The van der Waals surface area contributed by atoms with Crippen molar-refractivity contribution >= 4 is 11.8 Å². The second-order valence-electron chi connectivity index (χ2n) is 7.73. The maximum atomic E-state index is 12.3. The van der Waals surface area contributed by atoms with Crippen LogP contribution in [0, 0.1) is 0 Å². The third-order valence-electron chi connectivity index (χ3n) is 5.60. The highest BCUT2D eigenvalue weighted by atomic mass is 16.5. The SMILES string of the molecule is NC[C@H](NC(=O)c1ccc(-c2ccc(CNC3CCCCC3)cc2)cc1)C(=O)NO. The van der Waals surface area contributed by atoms with Gasteiger partial charge in [0.2, 0.25) is 0 Å². The second kappa shape index (κ2) is 10.9. The molecule has 2 amide bonds. The van der Waals surface area contributed by atoms with E-state index in [1.807, 2.05) is 12.1 Å². The van der Waals surface area contributed by atoms with Crippen LogP contribution < -0.4 is 21.8 Å². The Morgan fingerprint density at radius 1 is 0.967 bits per heavy atom. The van der Waals surface area contributed by atoms with Gasteiger partial charge in [-0.15, -0.1) is 0 Å². The van der Waals surface area contributed by atoms with Crippen molar-refractivity contribution < 1.29 is 14.8 Å². The fourth-order valence-electron chi connectivity index (χ4n) is 3.75. The molecule has 0 unspecified atom stereocenters. The molecule has 30 heavy (non-hydrogen) atoms. The lowest BCUT2D eigenvalue weighted by atomic mass is 9.95. The Hall–Kier alpha value is -2.74. The van der Waals surface area contributed by atoms with Crippen LogP contribution in [0.5, 0.6) is 0 Å². The average molecular weight is 411 g/mol. The summed E-state index contributed by atoms with van der Waals surface area (Å²) in [5.41, 5.74) is 10.7. The molecule has 2 aromatic rings. The highest BCUT2D eigenvalue weighted by Crippen LogP contribution is 2.21. The molecule has 0 saturated heterocycles. The highest BCUT2D eigenvalue weighted by molar-refractivity contribution is 5.97. The molecule has 7 heteroatoms. The Labute approximate surface area is 177 Å². The van der Waals surface area contributed by atoms with Crippen molar-refractivity contribution in [1.29, 1.82) is 0 Å². The standard InChI is InChI=1S/C23H30N4O3/c24-14-21(23(29)27-30)26-22(28)19-12-10-18(11-13-19)17-8-6-16(7-9-17)15-25-20-4-2-1-3-5-20/h6-13,20-21,25,30H,1-5,14-15,24H2,(H,26,28)(H,27,29)/t21-/m0/s1. The number of hydrogen-bond donors (Lipinski definition) is 5. The lowest BCUT2D eigenvalue weighted by molar-refractivity contribution is -0.130. The van der Waals surface area contributed by atoms with Crippen LogP contribution in [0.2, 0.25) is 0 Å². The van der Waals surface area contributed by atoms with Crippen molar-refractivity contribution in [3.05, 3.63) is 59.7 Å². The summed E-state index contributed by atoms with van der Waals surface area (Å²) in [6, 6.07) is 15.2. The predicted octanol–water partition coefficient (Wildman–Crippen LogP) is 2.34. The minimum atomic E-state index is -0.989. The first kappa shape index (κ1) is 22.0. The van der Waals surface area contributed by atoms with Crippen molar-refractivity contribution in [1.82, 2.24) is 16.1 Å². The third kappa shape index (κ3) is 5.89. The number of amides is 2. The number of hydrogen-bond acceptors (Lipinski definition) is 5. The van der Waals surface area contributed by atoms with Gasteiger partial charge in [0.25, 0.3) is 11.8 Å². The van der Waals surface area contributed by atoms with Gasteiger partial charge in [-0.05, 0) is 41.7 Å². The van der Waals surface area contributed by atoms with E-state index < -0.39 is 17.9 Å². The summed E-state index contributed by atoms with van der Waals surface area (Å²) in [6.07, 6.45) is 6.56. The fraction of sp³-hybridized carbons (Fsp3) is 0.391. The first-order valence-electron chi connectivity index (χ1n) is 10.5. The Morgan fingerprint density at radius 2 is 1.57 bits per heavy atom. The van der Waals surface area contributed by atoms with Crippen LogP contribution >= 0.6 is 0 Å². The van der Waals surface area contributed by atoms with Gasteiger partial charge in [-0.3, -0.25) is 14.8 Å². The van der Waals surface area contributed by atoms with E-state index in [4.69, 9.17) is 10.9 Å². The number of nitrogens with one attached hydrogen (secondary N) is 3. The first-order chi connectivity index (χ1) is 14.6. The van der Waals surface area contributed by atoms with E-state index in [2.05, 4.69) is 34.9 Å². The summed E-state index contributed by atoms with van der Waals surface area (Å²) >= 11 is 0. The molecule has 0 heterocycles. The molecule has 160 valence electrons. The minimum absolute atomic E-state index is 0.113. The van der Waals surface area contributed by atoms with Gasteiger partial charge in [-0.25, -0.2) is 5.48 Å². The molecule has 1 aliphatic carbocycles. The van der Waals surface area contributed by atoms with E-state index >= 15 is 0 Å². The number of carbonyl (C=O) groups is 2. The number of nitrogens with two attached hydrogens (primary N) is 1. The van der Waals surface area contributed by atoms with Gasteiger partial charge in [0.15, 0.2) is 0 Å². The maximum Gasteiger partial charge on any atom is 0.267 e. The molecule has 1 aliphatic rings. The van der Waals surface area contributed by atoms with Gasteiger partial charge in [-0.2, -0.15) is 0 Å².